The maximum Gasteiger partial charge on any atom is 0.313 e. The second-order valence-corrected chi connectivity index (χ2v) is 4.84. The van der Waals surface area contributed by atoms with E-state index in [2.05, 4.69) is 0 Å². The summed E-state index contributed by atoms with van der Waals surface area (Å²) in [5.74, 6) is -1.20. The van der Waals surface area contributed by atoms with E-state index in [-0.39, 0.29) is 6.10 Å². The molecule has 5 heteroatoms. The lowest BCUT2D eigenvalue weighted by molar-refractivity contribution is -0.167. The van der Waals surface area contributed by atoms with Crippen molar-refractivity contribution in [3.05, 3.63) is 24.0 Å². The molecule has 3 unspecified atom stereocenters. The van der Waals surface area contributed by atoms with Crippen LogP contribution < -0.4 is 0 Å². The second-order valence-electron chi connectivity index (χ2n) is 4.84. The molecule has 1 N–H and O–H groups in total. The van der Waals surface area contributed by atoms with Gasteiger partial charge in [0.05, 0.1) is 13.2 Å². The van der Waals surface area contributed by atoms with E-state index in [0.29, 0.717) is 12.4 Å². The van der Waals surface area contributed by atoms with Gasteiger partial charge in [-0.3, -0.25) is 4.79 Å². The number of carboxylic acid groups (broad SMARTS) is 1. The van der Waals surface area contributed by atoms with Gasteiger partial charge in [0.2, 0.25) is 0 Å². The van der Waals surface area contributed by atoms with Gasteiger partial charge in [0.25, 0.3) is 0 Å². The number of methoxy groups -OCH3 is 2. The molecule has 2 aliphatic rings. The van der Waals surface area contributed by atoms with Crippen molar-refractivity contribution in [1.82, 2.24) is 0 Å². The highest BCUT2D eigenvalue weighted by Gasteiger charge is 2.49. The minimum absolute atomic E-state index is 0.238. The Hall–Kier alpha value is -1.33. The predicted octanol–water partition coefficient (Wildman–Crippen LogP) is 1.74. The van der Waals surface area contributed by atoms with Crippen LogP contribution in [0.2, 0.25) is 0 Å². The molecule has 1 saturated heterocycles. The number of rotatable bonds is 4. The van der Waals surface area contributed by atoms with Gasteiger partial charge >= 0.3 is 5.97 Å². The lowest BCUT2D eigenvalue weighted by Gasteiger charge is -2.43. The molecule has 3 atom stereocenters. The number of ether oxygens (including phenoxy) is 3. The van der Waals surface area contributed by atoms with E-state index in [0.717, 1.165) is 19.3 Å². The van der Waals surface area contributed by atoms with Crippen molar-refractivity contribution in [2.24, 2.45) is 5.92 Å². The molecule has 0 aromatic carbocycles. The molecule has 106 valence electrons. The highest BCUT2D eigenvalue weighted by Crippen LogP contribution is 2.38. The molecule has 0 aromatic rings. The van der Waals surface area contributed by atoms with Crippen LogP contribution in [0.1, 0.15) is 19.3 Å². The first kappa shape index (κ1) is 14.1. The predicted molar refractivity (Wildman–Crippen MR) is 68.7 cm³/mol. The van der Waals surface area contributed by atoms with Crippen LogP contribution >= 0.6 is 0 Å². The Balaban J connectivity index is 2.34. The normalized spacial score (nSPS) is 34.7. The van der Waals surface area contributed by atoms with Gasteiger partial charge in [-0.25, -0.2) is 0 Å². The van der Waals surface area contributed by atoms with E-state index in [1.807, 2.05) is 0 Å². The van der Waals surface area contributed by atoms with Crippen molar-refractivity contribution in [3.8, 4) is 0 Å². The van der Waals surface area contributed by atoms with Gasteiger partial charge in [-0.05, 0) is 37.5 Å². The Kier molecular flexibility index (Phi) is 4.27. The molecule has 1 heterocycles. The lowest BCUT2D eigenvalue weighted by Crippen LogP contribution is -2.54. The molecule has 19 heavy (non-hydrogen) atoms. The molecular formula is C14H20O5. The number of hydrogen-bond acceptors (Lipinski definition) is 4. The average Bonchev–Trinajstić information content (AvgIpc) is 2.47. The van der Waals surface area contributed by atoms with Crippen LogP contribution in [0.3, 0.4) is 0 Å². The summed E-state index contributed by atoms with van der Waals surface area (Å²) in [6.45, 7) is 0.650. The van der Waals surface area contributed by atoms with Crippen LogP contribution in [0, 0.1) is 5.92 Å². The van der Waals surface area contributed by atoms with Crippen LogP contribution in [0.4, 0.5) is 0 Å². The van der Waals surface area contributed by atoms with Crippen LogP contribution in [-0.4, -0.2) is 43.6 Å². The van der Waals surface area contributed by atoms with Gasteiger partial charge in [-0.2, -0.15) is 0 Å². The van der Waals surface area contributed by atoms with E-state index in [1.165, 1.54) is 14.2 Å². The summed E-state index contributed by atoms with van der Waals surface area (Å²) in [6.07, 6.45) is 7.70. The molecule has 0 radical (unpaired) electrons. The van der Waals surface area contributed by atoms with E-state index in [1.54, 1.807) is 18.2 Å². The van der Waals surface area contributed by atoms with Crippen molar-refractivity contribution in [3.63, 3.8) is 0 Å². The smallest absolute Gasteiger partial charge is 0.313 e. The summed E-state index contributed by atoms with van der Waals surface area (Å²) in [6, 6.07) is 0. The molecule has 5 nitrogen and oxygen atoms in total. The van der Waals surface area contributed by atoms with Gasteiger partial charge in [-0.1, -0.05) is 0 Å². The lowest BCUT2D eigenvalue weighted by atomic mass is 9.76. The molecule has 0 saturated carbocycles. The number of hydrogen-bond donors (Lipinski definition) is 1. The maximum atomic E-state index is 11.6. The van der Waals surface area contributed by atoms with Gasteiger partial charge in [0.1, 0.15) is 17.3 Å². The van der Waals surface area contributed by atoms with Crippen molar-refractivity contribution >= 4 is 5.97 Å². The number of carboxylic acids is 1. The Labute approximate surface area is 112 Å². The third-order valence-electron chi connectivity index (χ3n) is 3.86. The Morgan fingerprint density at radius 2 is 2.26 bits per heavy atom. The third-order valence-corrected chi connectivity index (χ3v) is 3.86. The molecule has 1 aliphatic heterocycles. The SMILES string of the molecule is COC1=CC(C(=O)O)C(OC)(C2CCCCO2)C=C1. The summed E-state index contributed by atoms with van der Waals surface area (Å²) in [5, 5.41) is 9.48. The zero-order valence-electron chi connectivity index (χ0n) is 11.3. The molecular weight excluding hydrogens is 248 g/mol. The number of allylic oxidation sites excluding steroid dienone is 1. The Morgan fingerprint density at radius 1 is 1.47 bits per heavy atom. The highest BCUT2D eigenvalue weighted by molar-refractivity contribution is 5.75. The van der Waals surface area contributed by atoms with E-state index in [9.17, 15) is 9.90 Å². The van der Waals surface area contributed by atoms with Gasteiger partial charge in [0.15, 0.2) is 0 Å². The molecule has 0 spiro atoms. The van der Waals surface area contributed by atoms with Crippen molar-refractivity contribution in [2.75, 3.05) is 20.8 Å². The summed E-state index contributed by atoms with van der Waals surface area (Å²) >= 11 is 0. The molecule has 0 aromatic heterocycles. The van der Waals surface area contributed by atoms with E-state index >= 15 is 0 Å². The first-order valence-corrected chi connectivity index (χ1v) is 6.48. The average molecular weight is 268 g/mol. The van der Waals surface area contributed by atoms with Crippen LogP contribution in [0.15, 0.2) is 24.0 Å². The maximum absolute atomic E-state index is 11.6. The minimum atomic E-state index is -0.950. The third kappa shape index (κ3) is 2.53. The monoisotopic (exact) mass is 268 g/mol. The van der Waals surface area contributed by atoms with E-state index < -0.39 is 17.5 Å². The van der Waals surface area contributed by atoms with Gasteiger partial charge in [-0.15, -0.1) is 0 Å². The zero-order valence-corrected chi connectivity index (χ0v) is 11.3. The Morgan fingerprint density at radius 3 is 2.79 bits per heavy atom. The van der Waals surface area contributed by atoms with Crippen molar-refractivity contribution < 1.29 is 24.1 Å². The van der Waals surface area contributed by atoms with Crippen LogP contribution in [-0.2, 0) is 19.0 Å². The first-order chi connectivity index (χ1) is 9.14. The van der Waals surface area contributed by atoms with E-state index in [4.69, 9.17) is 14.2 Å². The molecule has 0 amide bonds. The summed E-state index contributed by atoms with van der Waals surface area (Å²) in [5.41, 5.74) is -0.950. The molecule has 0 bridgehead atoms. The van der Waals surface area contributed by atoms with Crippen LogP contribution in [0.25, 0.3) is 0 Å². The van der Waals surface area contributed by atoms with Crippen molar-refractivity contribution in [1.29, 1.82) is 0 Å². The number of aliphatic carboxylic acids is 1. The summed E-state index contributed by atoms with van der Waals surface area (Å²) < 4.78 is 16.5. The quantitative estimate of drug-likeness (QED) is 0.841. The van der Waals surface area contributed by atoms with Gasteiger partial charge in [0, 0.05) is 13.7 Å². The van der Waals surface area contributed by atoms with Crippen molar-refractivity contribution in [2.45, 2.75) is 31.0 Å². The zero-order chi connectivity index (χ0) is 13.9. The first-order valence-electron chi connectivity index (χ1n) is 6.48. The standard InChI is InChI=1S/C14H20O5/c1-17-10-6-7-14(18-2,11(9-10)13(15)16)12-5-3-4-8-19-12/h6-7,9,11-12H,3-5,8H2,1-2H3,(H,15,16). The second kappa shape index (κ2) is 5.75. The minimum Gasteiger partial charge on any atom is -0.497 e. The van der Waals surface area contributed by atoms with Gasteiger partial charge < -0.3 is 19.3 Å². The van der Waals surface area contributed by atoms with Crippen LogP contribution in [0.5, 0.6) is 0 Å². The molecule has 2 rings (SSSR count). The summed E-state index contributed by atoms with van der Waals surface area (Å²) in [7, 11) is 3.05. The highest BCUT2D eigenvalue weighted by atomic mass is 16.5. The number of carbonyl (C=O) groups is 1. The topological polar surface area (TPSA) is 65.0 Å². The fraction of sp³-hybridized carbons (Fsp3) is 0.643. The largest absolute Gasteiger partial charge is 0.497 e. The molecule has 1 fully saturated rings. The Bertz CT molecular complexity index is 395. The fourth-order valence-electron chi connectivity index (χ4n) is 2.80. The fourth-order valence-corrected chi connectivity index (χ4v) is 2.80. The molecule has 1 aliphatic carbocycles. The summed E-state index contributed by atoms with van der Waals surface area (Å²) in [4.78, 5) is 11.6.